The van der Waals surface area contributed by atoms with Crippen LogP contribution in [-0.2, 0) is 16.1 Å². The number of benzene rings is 2. The van der Waals surface area contributed by atoms with Gasteiger partial charge in [-0.25, -0.2) is 4.39 Å². The summed E-state index contributed by atoms with van der Waals surface area (Å²) in [5.41, 5.74) is 2.69. The van der Waals surface area contributed by atoms with Crippen LogP contribution < -0.4 is 10.6 Å². The molecule has 2 aromatic rings. The highest BCUT2D eigenvalue weighted by atomic mass is 19.1. The fourth-order valence-electron chi connectivity index (χ4n) is 2.08. The van der Waals surface area contributed by atoms with Gasteiger partial charge in [0.1, 0.15) is 5.82 Å². The summed E-state index contributed by atoms with van der Waals surface area (Å²) >= 11 is 0. The van der Waals surface area contributed by atoms with Crippen molar-refractivity contribution in [2.45, 2.75) is 20.4 Å². The topological polar surface area (TPSA) is 58.2 Å². The fourth-order valence-corrected chi connectivity index (χ4v) is 2.08. The number of anilines is 1. The normalized spacial score (nSPS) is 10.1. The first-order chi connectivity index (χ1) is 10.5. The molecule has 0 saturated carbocycles. The van der Waals surface area contributed by atoms with Crippen molar-refractivity contribution in [2.24, 2.45) is 0 Å². The molecule has 4 nitrogen and oxygen atoms in total. The summed E-state index contributed by atoms with van der Waals surface area (Å²) in [4.78, 5) is 23.7. The van der Waals surface area contributed by atoms with E-state index in [-0.39, 0.29) is 6.54 Å². The van der Waals surface area contributed by atoms with Crippen LogP contribution in [0.15, 0.2) is 42.5 Å². The van der Waals surface area contributed by atoms with E-state index in [0.29, 0.717) is 11.3 Å². The Labute approximate surface area is 128 Å². The molecule has 0 saturated heterocycles. The second-order valence-electron chi connectivity index (χ2n) is 5.00. The second-order valence-corrected chi connectivity index (χ2v) is 5.00. The van der Waals surface area contributed by atoms with Crippen LogP contribution in [0.5, 0.6) is 0 Å². The smallest absolute Gasteiger partial charge is 0.313 e. The van der Waals surface area contributed by atoms with Crippen LogP contribution in [0.1, 0.15) is 16.7 Å². The molecule has 2 N–H and O–H groups in total. The third-order valence-electron chi connectivity index (χ3n) is 3.32. The molecule has 22 heavy (non-hydrogen) atoms. The van der Waals surface area contributed by atoms with Gasteiger partial charge in [-0.2, -0.15) is 0 Å². The highest BCUT2D eigenvalue weighted by Gasteiger charge is 2.15. The molecule has 0 aliphatic rings. The van der Waals surface area contributed by atoms with E-state index >= 15 is 0 Å². The zero-order valence-electron chi connectivity index (χ0n) is 12.4. The largest absolute Gasteiger partial charge is 0.344 e. The minimum Gasteiger partial charge on any atom is -0.344 e. The molecule has 5 heteroatoms. The van der Waals surface area contributed by atoms with Crippen LogP contribution in [0.2, 0.25) is 0 Å². The summed E-state index contributed by atoms with van der Waals surface area (Å²) < 4.78 is 13.4. The molecule has 0 radical (unpaired) electrons. The Morgan fingerprint density at radius 1 is 0.955 bits per heavy atom. The van der Waals surface area contributed by atoms with Crippen LogP contribution >= 0.6 is 0 Å². The first-order valence-electron chi connectivity index (χ1n) is 6.88. The van der Waals surface area contributed by atoms with Crippen molar-refractivity contribution >= 4 is 17.5 Å². The molecule has 0 bridgehead atoms. The number of hydrogen-bond acceptors (Lipinski definition) is 2. The summed E-state index contributed by atoms with van der Waals surface area (Å²) in [5.74, 6) is -1.99. The van der Waals surface area contributed by atoms with Crippen molar-refractivity contribution in [1.82, 2.24) is 5.32 Å². The van der Waals surface area contributed by atoms with Crippen LogP contribution in [0.3, 0.4) is 0 Å². The minimum atomic E-state index is -0.800. The molecule has 114 valence electrons. The van der Waals surface area contributed by atoms with Gasteiger partial charge in [-0.05, 0) is 31.0 Å². The van der Waals surface area contributed by atoms with Gasteiger partial charge in [0.25, 0.3) is 0 Å². The van der Waals surface area contributed by atoms with E-state index in [1.807, 2.05) is 32.0 Å². The summed E-state index contributed by atoms with van der Waals surface area (Å²) in [7, 11) is 0. The molecule has 2 aromatic carbocycles. The molecule has 0 aliphatic heterocycles. The summed E-state index contributed by atoms with van der Waals surface area (Å²) in [6.07, 6.45) is 0. The van der Waals surface area contributed by atoms with E-state index in [2.05, 4.69) is 10.6 Å². The van der Waals surface area contributed by atoms with Gasteiger partial charge in [0.05, 0.1) is 0 Å². The van der Waals surface area contributed by atoms with Gasteiger partial charge >= 0.3 is 11.8 Å². The number of amides is 2. The number of rotatable bonds is 3. The second kappa shape index (κ2) is 6.85. The zero-order chi connectivity index (χ0) is 16.1. The minimum absolute atomic E-state index is 0.0360. The van der Waals surface area contributed by atoms with Crippen LogP contribution in [0.25, 0.3) is 0 Å². The molecule has 0 aliphatic carbocycles. The third-order valence-corrected chi connectivity index (χ3v) is 3.32. The fraction of sp³-hybridized carbons (Fsp3) is 0.176. The number of carbonyl (C=O) groups is 2. The molecule has 0 heterocycles. The number of para-hydroxylation sites is 1. The lowest BCUT2D eigenvalue weighted by Crippen LogP contribution is -2.35. The first-order valence-corrected chi connectivity index (χ1v) is 6.88. The summed E-state index contributed by atoms with van der Waals surface area (Å²) in [6, 6.07) is 11.7. The van der Waals surface area contributed by atoms with E-state index in [9.17, 15) is 14.0 Å². The predicted octanol–water partition coefficient (Wildman–Crippen LogP) is 2.70. The Morgan fingerprint density at radius 3 is 2.23 bits per heavy atom. The quantitative estimate of drug-likeness (QED) is 0.856. The van der Waals surface area contributed by atoms with Gasteiger partial charge in [0, 0.05) is 17.8 Å². The van der Waals surface area contributed by atoms with Crippen molar-refractivity contribution in [3.05, 3.63) is 65.0 Å². The van der Waals surface area contributed by atoms with Gasteiger partial charge in [0.2, 0.25) is 0 Å². The summed E-state index contributed by atoms with van der Waals surface area (Å²) in [5, 5.41) is 4.99. The lowest BCUT2D eigenvalue weighted by molar-refractivity contribution is -0.136. The number of nitrogens with one attached hydrogen (secondary N) is 2. The Kier molecular flexibility index (Phi) is 4.88. The highest BCUT2D eigenvalue weighted by molar-refractivity contribution is 6.39. The number of carbonyl (C=O) groups excluding carboxylic acids is 2. The maximum absolute atomic E-state index is 13.4. The maximum Gasteiger partial charge on any atom is 0.313 e. The van der Waals surface area contributed by atoms with E-state index < -0.39 is 17.6 Å². The lowest BCUT2D eigenvalue weighted by Gasteiger charge is -2.11. The molecule has 0 aromatic heterocycles. The maximum atomic E-state index is 13.4. The number of halogens is 1. The Balaban J connectivity index is 1.98. The molecule has 2 amide bonds. The highest BCUT2D eigenvalue weighted by Crippen LogP contribution is 2.19. The van der Waals surface area contributed by atoms with Gasteiger partial charge in [-0.1, -0.05) is 36.4 Å². The molecular formula is C17H17FN2O2. The molecular weight excluding hydrogens is 283 g/mol. The molecule has 0 spiro atoms. The Morgan fingerprint density at radius 2 is 1.59 bits per heavy atom. The zero-order valence-corrected chi connectivity index (χ0v) is 12.4. The van der Waals surface area contributed by atoms with Gasteiger partial charge in [-0.15, -0.1) is 0 Å². The lowest BCUT2D eigenvalue weighted by atomic mass is 10.1. The monoisotopic (exact) mass is 300 g/mol. The summed E-state index contributed by atoms with van der Waals surface area (Å²) in [6.45, 7) is 3.66. The molecule has 0 fully saturated rings. The van der Waals surface area contributed by atoms with E-state index in [4.69, 9.17) is 0 Å². The van der Waals surface area contributed by atoms with Crippen molar-refractivity contribution < 1.29 is 14.0 Å². The SMILES string of the molecule is Cc1cccc(C)c1NC(=O)C(=O)NCc1ccccc1F. The Bertz CT molecular complexity index is 693. The third kappa shape index (κ3) is 3.69. The number of aryl methyl sites for hydroxylation is 2. The van der Waals surface area contributed by atoms with Crippen LogP contribution in [-0.4, -0.2) is 11.8 Å². The molecule has 2 rings (SSSR count). The van der Waals surface area contributed by atoms with Crippen molar-refractivity contribution in [1.29, 1.82) is 0 Å². The van der Waals surface area contributed by atoms with Gasteiger partial charge in [0.15, 0.2) is 0 Å². The van der Waals surface area contributed by atoms with Gasteiger partial charge < -0.3 is 10.6 Å². The molecule has 0 unspecified atom stereocenters. The van der Waals surface area contributed by atoms with Crippen molar-refractivity contribution in [3.8, 4) is 0 Å². The van der Waals surface area contributed by atoms with Crippen LogP contribution in [0.4, 0.5) is 10.1 Å². The Hall–Kier alpha value is -2.69. The van der Waals surface area contributed by atoms with Gasteiger partial charge in [-0.3, -0.25) is 9.59 Å². The van der Waals surface area contributed by atoms with E-state index in [1.165, 1.54) is 6.07 Å². The predicted molar refractivity (Wildman–Crippen MR) is 82.8 cm³/mol. The van der Waals surface area contributed by atoms with E-state index in [0.717, 1.165) is 11.1 Å². The molecule has 0 atom stereocenters. The average molecular weight is 300 g/mol. The van der Waals surface area contributed by atoms with Crippen LogP contribution in [0, 0.1) is 19.7 Å². The van der Waals surface area contributed by atoms with Crippen molar-refractivity contribution in [3.63, 3.8) is 0 Å². The average Bonchev–Trinajstić information content (AvgIpc) is 2.49. The number of hydrogen-bond donors (Lipinski definition) is 2. The standard InChI is InChI=1S/C17H17FN2O2/c1-11-6-5-7-12(2)15(11)20-17(22)16(21)19-10-13-8-3-4-9-14(13)18/h3-9H,10H2,1-2H3,(H,19,21)(H,20,22). The van der Waals surface area contributed by atoms with Crippen molar-refractivity contribution in [2.75, 3.05) is 5.32 Å². The van der Waals surface area contributed by atoms with E-state index in [1.54, 1.807) is 18.2 Å². The first kappa shape index (κ1) is 15.7.